The van der Waals surface area contributed by atoms with Gasteiger partial charge in [-0.1, -0.05) is 19.4 Å². The molecule has 4 nitrogen and oxygen atoms in total. The van der Waals surface area contributed by atoms with Gasteiger partial charge in [-0.05, 0) is 36.9 Å². The number of nitrogens with two attached hydrogens (primary N) is 1. The highest BCUT2D eigenvalue weighted by molar-refractivity contribution is 7.10. The van der Waals surface area contributed by atoms with E-state index < -0.39 is 0 Å². The van der Waals surface area contributed by atoms with Crippen LogP contribution < -0.4 is 11.1 Å². The normalized spacial score (nSPS) is 12.1. The highest BCUT2D eigenvalue weighted by Gasteiger charge is 2.13. The van der Waals surface area contributed by atoms with Crippen molar-refractivity contribution < 1.29 is 4.79 Å². The van der Waals surface area contributed by atoms with Crippen LogP contribution in [0.4, 0.5) is 5.82 Å². The molecule has 2 rings (SSSR count). The number of hydrogen-bond donors (Lipinski definition) is 2. The summed E-state index contributed by atoms with van der Waals surface area (Å²) in [5.74, 6) is 0.280. The van der Waals surface area contributed by atoms with Crippen molar-refractivity contribution in [2.75, 3.05) is 5.73 Å². The Bertz CT molecular complexity index is 581. The van der Waals surface area contributed by atoms with Gasteiger partial charge >= 0.3 is 0 Å². The number of anilines is 1. The van der Waals surface area contributed by atoms with Crippen molar-refractivity contribution in [3.8, 4) is 0 Å². The van der Waals surface area contributed by atoms with Gasteiger partial charge in [-0.25, -0.2) is 4.98 Å². The maximum absolute atomic E-state index is 12.3. The Kier molecular flexibility index (Phi) is 4.74. The second-order valence-corrected chi connectivity index (χ2v) is 5.71. The van der Waals surface area contributed by atoms with Gasteiger partial charge in [0, 0.05) is 16.1 Å². The first-order valence-corrected chi connectivity index (χ1v) is 7.58. The molecule has 2 aromatic heterocycles. The van der Waals surface area contributed by atoms with Crippen LogP contribution in [0.15, 0.2) is 29.6 Å². The molecule has 5 heteroatoms. The molecule has 0 fully saturated rings. The van der Waals surface area contributed by atoms with Crippen LogP contribution in [0.25, 0.3) is 0 Å². The summed E-state index contributed by atoms with van der Waals surface area (Å²) in [6.45, 7) is 4.05. The molecule has 0 aliphatic heterocycles. The molecule has 0 spiro atoms. The van der Waals surface area contributed by atoms with Crippen molar-refractivity contribution in [2.45, 2.75) is 32.7 Å². The van der Waals surface area contributed by atoms with E-state index in [9.17, 15) is 4.79 Å². The van der Waals surface area contributed by atoms with Crippen molar-refractivity contribution in [1.82, 2.24) is 10.3 Å². The summed E-state index contributed by atoms with van der Waals surface area (Å²) in [4.78, 5) is 17.6. The molecule has 0 saturated carbocycles. The monoisotopic (exact) mass is 289 g/mol. The molecular weight excluding hydrogens is 270 g/mol. The van der Waals surface area contributed by atoms with Crippen molar-refractivity contribution in [3.05, 3.63) is 45.8 Å². The number of thiophene rings is 1. The van der Waals surface area contributed by atoms with E-state index in [1.165, 1.54) is 0 Å². The number of nitrogens with one attached hydrogen (secondary N) is 1. The molecule has 0 radical (unpaired) electrons. The zero-order valence-corrected chi connectivity index (χ0v) is 12.5. The summed E-state index contributed by atoms with van der Waals surface area (Å²) in [6.07, 6.45) is 1.80. The zero-order chi connectivity index (χ0) is 14.5. The number of aromatic nitrogens is 1. The van der Waals surface area contributed by atoms with Crippen LogP contribution in [0, 0.1) is 0 Å². The first-order valence-electron chi connectivity index (χ1n) is 6.71. The number of carbonyl (C=O) groups is 1. The van der Waals surface area contributed by atoms with E-state index in [0.29, 0.717) is 11.4 Å². The van der Waals surface area contributed by atoms with Gasteiger partial charge in [-0.15, -0.1) is 11.3 Å². The third-order valence-corrected chi connectivity index (χ3v) is 4.04. The third-order valence-electron chi connectivity index (χ3n) is 2.98. The molecule has 2 aromatic rings. The van der Waals surface area contributed by atoms with Gasteiger partial charge in [0.15, 0.2) is 0 Å². The first kappa shape index (κ1) is 14.5. The summed E-state index contributed by atoms with van der Waals surface area (Å²) in [5, 5.41) is 4.99. The van der Waals surface area contributed by atoms with Crippen LogP contribution in [0.1, 0.15) is 47.2 Å². The minimum absolute atomic E-state index is 0.00786. The van der Waals surface area contributed by atoms with Gasteiger partial charge in [0.25, 0.3) is 5.91 Å². The van der Waals surface area contributed by atoms with Crippen molar-refractivity contribution in [3.63, 3.8) is 0 Å². The Morgan fingerprint density at radius 2 is 2.30 bits per heavy atom. The number of nitrogens with zero attached hydrogens (tertiary/aromatic N) is 1. The minimum atomic E-state index is -0.114. The fourth-order valence-corrected chi connectivity index (χ4v) is 2.75. The number of carbonyl (C=O) groups excluding carboxylic acids is 1. The molecular formula is C15H19N3OS. The lowest BCUT2D eigenvalue weighted by Crippen LogP contribution is -2.26. The highest BCUT2D eigenvalue weighted by Crippen LogP contribution is 2.19. The lowest BCUT2D eigenvalue weighted by Gasteiger charge is -2.13. The topological polar surface area (TPSA) is 68.0 Å². The molecule has 3 N–H and O–H groups in total. The molecule has 1 atom stereocenters. The first-order chi connectivity index (χ1) is 9.60. The molecule has 2 heterocycles. The molecule has 0 bridgehead atoms. The van der Waals surface area contributed by atoms with Gasteiger partial charge < -0.3 is 11.1 Å². The molecule has 0 aliphatic rings. The van der Waals surface area contributed by atoms with Crippen LogP contribution in [0.2, 0.25) is 0 Å². The fraction of sp³-hybridized carbons (Fsp3) is 0.333. The predicted octanol–water partition coefficient (Wildman–Crippen LogP) is 3.17. The molecule has 0 aliphatic carbocycles. The maximum atomic E-state index is 12.3. The summed E-state index contributed by atoms with van der Waals surface area (Å²) < 4.78 is 0. The van der Waals surface area contributed by atoms with E-state index in [1.807, 2.05) is 30.5 Å². The van der Waals surface area contributed by atoms with Crippen molar-refractivity contribution in [1.29, 1.82) is 0 Å². The second-order valence-electron chi connectivity index (χ2n) is 4.73. The highest BCUT2D eigenvalue weighted by atomic mass is 32.1. The molecule has 0 aromatic carbocycles. The lowest BCUT2D eigenvalue weighted by molar-refractivity contribution is 0.0940. The van der Waals surface area contributed by atoms with E-state index >= 15 is 0 Å². The third kappa shape index (κ3) is 3.57. The quantitative estimate of drug-likeness (QED) is 0.888. The van der Waals surface area contributed by atoms with Crippen LogP contribution in [-0.4, -0.2) is 10.9 Å². The average Bonchev–Trinajstić information content (AvgIpc) is 2.92. The van der Waals surface area contributed by atoms with Gasteiger partial charge in [0.2, 0.25) is 0 Å². The predicted molar refractivity (Wildman–Crippen MR) is 82.8 cm³/mol. The Morgan fingerprint density at radius 3 is 2.95 bits per heavy atom. The molecule has 1 amide bonds. The van der Waals surface area contributed by atoms with Crippen LogP contribution in [-0.2, 0) is 6.42 Å². The summed E-state index contributed by atoms with van der Waals surface area (Å²) in [6, 6.07) is 7.42. The smallest absolute Gasteiger partial charge is 0.251 e. The molecule has 20 heavy (non-hydrogen) atoms. The van der Waals surface area contributed by atoms with E-state index in [1.54, 1.807) is 17.4 Å². The summed E-state index contributed by atoms with van der Waals surface area (Å²) in [5.41, 5.74) is 7.20. The summed E-state index contributed by atoms with van der Waals surface area (Å²) in [7, 11) is 0. The molecule has 1 unspecified atom stereocenters. The Balaban J connectivity index is 2.12. The van der Waals surface area contributed by atoms with E-state index in [-0.39, 0.29) is 11.9 Å². The number of rotatable bonds is 5. The zero-order valence-electron chi connectivity index (χ0n) is 11.7. The Hall–Kier alpha value is -1.88. The van der Waals surface area contributed by atoms with Gasteiger partial charge in [0.1, 0.15) is 5.82 Å². The molecule has 0 saturated heterocycles. The number of amides is 1. The average molecular weight is 289 g/mol. The van der Waals surface area contributed by atoms with Crippen molar-refractivity contribution in [2.24, 2.45) is 0 Å². The minimum Gasteiger partial charge on any atom is -0.384 e. The molecule has 106 valence electrons. The van der Waals surface area contributed by atoms with E-state index in [4.69, 9.17) is 5.73 Å². The fourth-order valence-electron chi connectivity index (χ4n) is 2.01. The number of hydrogen-bond acceptors (Lipinski definition) is 4. The SMILES string of the molecule is CCCc1cc(C(=O)NC(C)c2cccs2)cc(N)n1. The standard InChI is InChI=1S/C15H19N3OS/c1-3-5-12-8-11(9-14(16)18-12)15(19)17-10(2)13-6-4-7-20-13/h4,6-10H,3,5H2,1-2H3,(H2,16,18)(H,17,19). The van der Waals surface area contributed by atoms with Crippen molar-refractivity contribution >= 4 is 23.1 Å². The summed E-state index contributed by atoms with van der Waals surface area (Å²) >= 11 is 1.63. The maximum Gasteiger partial charge on any atom is 0.251 e. The number of aryl methyl sites for hydroxylation is 1. The van der Waals surface area contributed by atoms with E-state index in [0.717, 1.165) is 23.4 Å². The largest absolute Gasteiger partial charge is 0.384 e. The number of nitrogen functional groups attached to an aromatic ring is 1. The van der Waals surface area contributed by atoms with Crippen LogP contribution in [0.5, 0.6) is 0 Å². The number of pyridine rings is 1. The van der Waals surface area contributed by atoms with Crippen LogP contribution in [0.3, 0.4) is 0 Å². The van der Waals surface area contributed by atoms with E-state index in [2.05, 4.69) is 17.2 Å². The lowest BCUT2D eigenvalue weighted by atomic mass is 10.1. The van der Waals surface area contributed by atoms with Gasteiger partial charge in [0.05, 0.1) is 6.04 Å². The van der Waals surface area contributed by atoms with Gasteiger partial charge in [-0.2, -0.15) is 0 Å². The second kappa shape index (κ2) is 6.52. The van der Waals surface area contributed by atoms with Gasteiger partial charge in [-0.3, -0.25) is 4.79 Å². The Morgan fingerprint density at radius 1 is 1.50 bits per heavy atom. The Labute approximate surface area is 123 Å². The van der Waals surface area contributed by atoms with Crippen LogP contribution >= 0.6 is 11.3 Å².